The first kappa shape index (κ1) is 19.9. The second-order valence-electron chi connectivity index (χ2n) is 6.82. The Morgan fingerprint density at radius 1 is 1.00 bits per heavy atom. The van der Waals surface area contributed by atoms with Crippen molar-refractivity contribution in [2.24, 2.45) is 7.05 Å². The van der Waals surface area contributed by atoms with Crippen LogP contribution < -0.4 is 5.49 Å². The molecule has 8 heteroatoms. The minimum Gasteiger partial charge on any atom is -0.283 e. The maximum Gasteiger partial charge on any atom is 0.146 e. The van der Waals surface area contributed by atoms with Crippen molar-refractivity contribution >= 4 is 12.3 Å². The molecule has 0 radical (unpaired) electrons. The summed E-state index contributed by atoms with van der Waals surface area (Å²) in [6.45, 7) is 0. The van der Waals surface area contributed by atoms with Crippen LogP contribution in [0.4, 0.5) is 8.78 Å². The van der Waals surface area contributed by atoms with Gasteiger partial charge in [0.25, 0.3) is 0 Å². The summed E-state index contributed by atoms with van der Waals surface area (Å²) >= 11 is 0. The Kier molecular flexibility index (Phi) is 5.24. The summed E-state index contributed by atoms with van der Waals surface area (Å²) in [5.74, 6) is -0.853. The molecule has 2 aromatic heterocycles. The molecule has 1 N–H and O–H groups in total. The number of nitriles is 1. The summed E-state index contributed by atoms with van der Waals surface area (Å²) in [5.41, 5.74) is 3.44. The molecule has 0 saturated carbocycles. The van der Waals surface area contributed by atoms with Gasteiger partial charge in [-0.15, -0.1) is 0 Å². The molecular formula is C23H16F2N6. The first-order valence-electron chi connectivity index (χ1n) is 9.26. The molecule has 0 amide bonds. The van der Waals surface area contributed by atoms with Crippen LogP contribution in [-0.2, 0) is 7.05 Å². The number of halogens is 2. The van der Waals surface area contributed by atoms with E-state index in [4.69, 9.17) is 10.7 Å². The van der Waals surface area contributed by atoms with Gasteiger partial charge >= 0.3 is 0 Å². The Bertz CT molecular complexity index is 1390. The van der Waals surface area contributed by atoms with E-state index < -0.39 is 5.82 Å². The van der Waals surface area contributed by atoms with E-state index in [0.29, 0.717) is 22.5 Å². The Morgan fingerprint density at radius 3 is 2.52 bits per heavy atom. The average molecular weight is 414 g/mol. The quantitative estimate of drug-likeness (QED) is 0.543. The van der Waals surface area contributed by atoms with E-state index in [1.807, 2.05) is 6.07 Å². The highest BCUT2D eigenvalue weighted by Crippen LogP contribution is 2.29. The maximum atomic E-state index is 13.7. The number of aryl methyl sites for hydroxylation is 1. The normalized spacial score (nSPS) is 11.0. The minimum absolute atomic E-state index is 0.115. The van der Waals surface area contributed by atoms with Crippen molar-refractivity contribution in [2.75, 3.05) is 0 Å². The van der Waals surface area contributed by atoms with Crippen LogP contribution in [-0.4, -0.2) is 19.6 Å². The summed E-state index contributed by atoms with van der Waals surface area (Å²) < 4.78 is 30.0. The molecule has 0 spiro atoms. The molecule has 4 rings (SSSR count). The number of hydrogen-bond acceptors (Lipinski definition) is 4. The summed E-state index contributed by atoms with van der Waals surface area (Å²) in [7, 11) is 1.78. The molecule has 0 aliphatic heterocycles. The molecule has 31 heavy (non-hydrogen) atoms. The molecule has 6 nitrogen and oxygen atoms in total. The molecule has 0 bridgehead atoms. The summed E-state index contributed by atoms with van der Waals surface area (Å²) in [5, 5.41) is 26.1. The molecule has 0 aliphatic carbocycles. The van der Waals surface area contributed by atoms with Crippen LogP contribution in [0.5, 0.6) is 0 Å². The molecule has 2 heterocycles. The van der Waals surface area contributed by atoms with E-state index in [0.717, 1.165) is 11.6 Å². The van der Waals surface area contributed by atoms with Crippen LogP contribution in [0, 0.1) is 28.4 Å². The summed E-state index contributed by atoms with van der Waals surface area (Å²) in [4.78, 5) is 0. The fraction of sp³-hybridized carbons (Fsp3) is 0.0435. The summed E-state index contributed by atoms with van der Waals surface area (Å²) in [6.07, 6.45) is 4.89. The zero-order chi connectivity index (χ0) is 22.0. The molecular weight excluding hydrogens is 398 g/mol. The number of rotatable bonds is 4. The number of aromatic nitrogens is 4. The number of nitrogens with zero attached hydrogens (tertiary/aromatic N) is 5. The molecule has 0 fully saturated rings. The molecule has 0 aliphatic rings. The third-order valence-electron chi connectivity index (χ3n) is 4.54. The van der Waals surface area contributed by atoms with Gasteiger partial charge in [0, 0.05) is 30.6 Å². The van der Waals surface area contributed by atoms with E-state index in [1.165, 1.54) is 29.1 Å². The lowest BCUT2D eigenvalue weighted by Crippen LogP contribution is -2.17. The lowest BCUT2D eigenvalue weighted by Gasteiger charge is -2.05. The van der Waals surface area contributed by atoms with Crippen molar-refractivity contribution in [1.82, 2.24) is 19.6 Å². The zero-order valence-electron chi connectivity index (χ0n) is 16.4. The Hall–Kier alpha value is -4.38. The van der Waals surface area contributed by atoms with Crippen molar-refractivity contribution in [1.29, 1.82) is 10.7 Å². The molecule has 0 atom stereocenters. The molecule has 0 saturated heterocycles. The molecule has 2 aromatic carbocycles. The Balaban J connectivity index is 1.74. The van der Waals surface area contributed by atoms with Crippen molar-refractivity contribution in [2.45, 2.75) is 0 Å². The third kappa shape index (κ3) is 4.31. The minimum atomic E-state index is -0.518. The van der Waals surface area contributed by atoms with Crippen LogP contribution in [0.15, 0.2) is 60.8 Å². The van der Waals surface area contributed by atoms with Crippen LogP contribution in [0.25, 0.3) is 34.8 Å². The SMILES string of the molecule is Cn1cc(-c2ccc(=N)n(/C=C/c3cc(F)cc(C#N)c3)n2)c(-c2ccc(F)cc2)n1. The van der Waals surface area contributed by atoms with Crippen LogP contribution in [0.1, 0.15) is 11.1 Å². The van der Waals surface area contributed by atoms with E-state index in [1.54, 1.807) is 54.3 Å². The first-order chi connectivity index (χ1) is 14.9. The predicted octanol–water partition coefficient (Wildman–Crippen LogP) is 4.21. The van der Waals surface area contributed by atoms with Gasteiger partial charge in [0.1, 0.15) is 22.8 Å². The highest BCUT2D eigenvalue weighted by atomic mass is 19.1. The van der Waals surface area contributed by atoms with Gasteiger partial charge in [0.2, 0.25) is 0 Å². The van der Waals surface area contributed by atoms with Gasteiger partial charge in [-0.25, -0.2) is 13.5 Å². The van der Waals surface area contributed by atoms with E-state index >= 15 is 0 Å². The summed E-state index contributed by atoms with van der Waals surface area (Å²) in [6, 6.07) is 15.2. The standard InChI is InChI=1S/C23H16F2N6/c1-30-14-20(23(29-30)17-2-4-18(24)5-3-17)21-6-7-22(27)31(28-21)9-8-15-10-16(13-26)12-19(25)11-15/h2-12,14,27H,1H3/b9-8+,27-22?. The van der Waals surface area contributed by atoms with Crippen LogP contribution >= 0.6 is 0 Å². The Labute approximate surface area is 176 Å². The third-order valence-corrected chi connectivity index (χ3v) is 4.54. The molecule has 0 unspecified atom stereocenters. The highest BCUT2D eigenvalue weighted by Gasteiger charge is 2.14. The zero-order valence-corrected chi connectivity index (χ0v) is 16.4. The molecule has 152 valence electrons. The fourth-order valence-corrected chi connectivity index (χ4v) is 3.12. The van der Waals surface area contributed by atoms with Gasteiger partial charge < -0.3 is 0 Å². The monoisotopic (exact) mass is 414 g/mol. The van der Waals surface area contributed by atoms with Gasteiger partial charge in [-0.3, -0.25) is 10.1 Å². The van der Waals surface area contributed by atoms with Gasteiger partial charge in [-0.1, -0.05) is 0 Å². The van der Waals surface area contributed by atoms with E-state index in [9.17, 15) is 8.78 Å². The predicted molar refractivity (Wildman–Crippen MR) is 112 cm³/mol. The van der Waals surface area contributed by atoms with Gasteiger partial charge in [-0.05, 0) is 66.2 Å². The molecule has 4 aromatic rings. The Morgan fingerprint density at radius 2 is 1.77 bits per heavy atom. The van der Waals surface area contributed by atoms with Crippen molar-refractivity contribution in [3.05, 3.63) is 89.0 Å². The van der Waals surface area contributed by atoms with Crippen LogP contribution in [0.2, 0.25) is 0 Å². The second-order valence-corrected chi connectivity index (χ2v) is 6.82. The smallest absolute Gasteiger partial charge is 0.146 e. The number of benzene rings is 2. The van der Waals surface area contributed by atoms with Gasteiger partial charge in [0.15, 0.2) is 0 Å². The van der Waals surface area contributed by atoms with Crippen molar-refractivity contribution < 1.29 is 8.78 Å². The van der Waals surface area contributed by atoms with Gasteiger partial charge in [0.05, 0.1) is 17.3 Å². The fourth-order valence-electron chi connectivity index (χ4n) is 3.12. The lowest BCUT2D eigenvalue weighted by atomic mass is 10.1. The van der Waals surface area contributed by atoms with Crippen LogP contribution in [0.3, 0.4) is 0 Å². The largest absolute Gasteiger partial charge is 0.283 e. The highest BCUT2D eigenvalue weighted by molar-refractivity contribution is 5.78. The van der Waals surface area contributed by atoms with Crippen molar-refractivity contribution in [3.63, 3.8) is 0 Å². The van der Waals surface area contributed by atoms with Crippen molar-refractivity contribution in [3.8, 4) is 28.6 Å². The topological polar surface area (TPSA) is 83.3 Å². The van der Waals surface area contributed by atoms with Gasteiger partial charge in [-0.2, -0.15) is 15.5 Å². The maximum absolute atomic E-state index is 13.7. The van der Waals surface area contributed by atoms with E-state index in [2.05, 4.69) is 10.2 Å². The first-order valence-corrected chi connectivity index (χ1v) is 9.26. The lowest BCUT2D eigenvalue weighted by molar-refractivity contribution is 0.627. The second kappa shape index (κ2) is 8.16. The number of hydrogen-bond donors (Lipinski definition) is 1. The number of nitrogens with one attached hydrogen (secondary N) is 1. The van der Waals surface area contributed by atoms with E-state index in [-0.39, 0.29) is 16.9 Å². The average Bonchev–Trinajstić information content (AvgIpc) is 3.15.